The van der Waals surface area contributed by atoms with E-state index >= 15 is 0 Å². The quantitative estimate of drug-likeness (QED) is 0.641. The molecule has 0 aliphatic rings. The third kappa shape index (κ3) is 4.02. The van der Waals surface area contributed by atoms with Crippen LogP contribution in [0.15, 0.2) is 65.4 Å². The molecule has 1 amide bonds. The molecule has 0 fully saturated rings. The van der Waals surface area contributed by atoms with Crippen LogP contribution in [0.25, 0.3) is 0 Å². The molecule has 0 bridgehead atoms. The van der Waals surface area contributed by atoms with Crippen LogP contribution in [0.4, 0.5) is 15.9 Å². The van der Waals surface area contributed by atoms with Crippen LogP contribution in [0.2, 0.25) is 0 Å². The highest BCUT2D eigenvalue weighted by molar-refractivity contribution is 5.99. The number of benzene rings is 1. The predicted molar refractivity (Wildman–Crippen MR) is 89.9 cm³/mol. The monoisotopic (exact) mass is 341 g/mol. The minimum Gasteiger partial charge on any atom is -0.467 e. The Bertz CT molecular complexity index is 852. The lowest BCUT2D eigenvalue weighted by Crippen LogP contribution is -2.29. The first-order chi connectivity index (χ1) is 12.1. The lowest BCUT2D eigenvalue weighted by atomic mass is 10.2. The van der Waals surface area contributed by atoms with Crippen LogP contribution in [-0.4, -0.2) is 22.5 Å². The van der Waals surface area contributed by atoms with Crippen molar-refractivity contribution in [1.29, 1.82) is 0 Å². The lowest BCUT2D eigenvalue weighted by Gasteiger charge is -2.13. The van der Waals surface area contributed by atoms with Gasteiger partial charge in [-0.05, 0) is 36.4 Å². The van der Waals surface area contributed by atoms with Crippen molar-refractivity contribution in [1.82, 2.24) is 10.3 Å². The van der Waals surface area contributed by atoms with Gasteiger partial charge >= 0.3 is 0 Å². The second-order valence-electron chi connectivity index (χ2n) is 5.25. The maximum atomic E-state index is 13.8. The number of carbonyl (C=O) groups excluding carboxylic acids is 1. The Labute approximate surface area is 143 Å². The zero-order chi connectivity index (χ0) is 17.6. The Balaban J connectivity index is 1.71. The first-order valence-electron chi connectivity index (χ1n) is 7.61. The number of para-hydroxylation sites is 1. The van der Waals surface area contributed by atoms with Crippen LogP contribution in [0.3, 0.4) is 0 Å². The zero-order valence-electron chi connectivity index (χ0n) is 13.1. The highest BCUT2D eigenvalue weighted by Crippen LogP contribution is 2.21. The number of aromatic nitrogens is 1. The second-order valence-corrected chi connectivity index (χ2v) is 5.25. The number of furan rings is 1. The largest absolute Gasteiger partial charge is 0.467 e. The van der Waals surface area contributed by atoms with Crippen LogP contribution in [-0.2, 0) is 0 Å². The molecule has 2 aromatic heterocycles. The van der Waals surface area contributed by atoms with Crippen molar-refractivity contribution in [2.24, 2.45) is 0 Å². The van der Waals surface area contributed by atoms with E-state index in [1.54, 1.807) is 42.5 Å². The van der Waals surface area contributed by atoms with E-state index in [1.807, 2.05) is 0 Å². The molecule has 25 heavy (non-hydrogen) atoms. The Hall–Kier alpha value is -3.19. The normalized spacial score (nSPS) is 11.8. The molecule has 0 radical (unpaired) electrons. The van der Waals surface area contributed by atoms with Crippen molar-refractivity contribution in [2.45, 2.75) is 6.10 Å². The molecule has 128 valence electrons. The molecule has 1 unspecified atom stereocenters. The summed E-state index contributed by atoms with van der Waals surface area (Å²) in [5.74, 6) is -0.320. The SMILES string of the molecule is O=C(NCC(O)c1ccco1)c1cccnc1Nc1ccccc1F. The Kier molecular flexibility index (Phi) is 5.06. The number of hydrogen-bond acceptors (Lipinski definition) is 5. The molecular weight excluding hydrogens is 325 g/mol. The van der Waals surface area contributed by atoms with Crippen LogP contribution >= 0.6 is 0 Å². The van der Waals surface area contributed by atoms with E-state index in [1.165, 1.54) is 18.5 Å². The number of anilines is 2. The maximum Gasteiger partial charge on any atom is 0.255 e. The fourth-order valence-corrected chi connectivity index (χ4v) is 2.24. The number of aliphatic hydroxyl groups is 1. The highest BCUT2D eigenvalue weighted by Gasteiger charge is 2.16. The van der Waals surface area contributed by atoms with Gasteiger partial charge in [0.25, 0.3) is 5.91 Å². The van der Waals surface area contributed by atoms with Gasteiger partial charge in [-0.1, -0.05) is 12.1 Å². The predicted octanol–water partition coefficient (Wildman–Crippen LogP) is 3.02. The molecule has 0 aliphatic carbocycles. The summed E-state index contributed by atoms with van der Waals surface area (Å²) >= 11 is 0. The number of halogens is 1. The molecule has 3 N–H and O–H groups in total. The van der Waals surface area contributed by atoms with Gasteiger partial charge in [0.2, 0.25) is 0 Å². The molecule has 2 heterocycles. The van der Waals surface area contributed by atoms with E-state index in [2.05, 4.69) is 15.6 Å². The molecular formula is C18H16FN3O3. The molecule has 3 rings (SSSR count). The van der Waals surface area contributed by atoms with Gasteiger partial charge in [0, 0.05) is 6.20 Å². The minimum absolute atomic E-state index is 0.0274. The molecule has 0 saturated carbocycles. The van der Waals surface area contributed by atoms with E-state index in [4.69, 9.17) is 4.42 Å². The number of hydrogen-bond donors (Lipinski definition) is 3. The third-order valence-electron chi connectivity index (χ3n) is 3.51. The van der Waals surface area contributed by atoms with Crippen molar-refractivity contribution in [2.75, 3.05) is 11.9 Å². The summed E-state index contributed by atoms with van der Waals surface area (Å²) in [6, 6.07) is 12.5. The summed E-state index contributed by atoms with van der Waals surface area (Å²) in [7, 11) is 0. The Morgan fingerprint density at radius 2 is 2.04 bits per heavy atom. The van der Waals surface area contributed by atoms with Gasteiger partial charge < -0.3 is 20.2 Å². The third-order valence-corrected chi connectivity index (χ3v) is 3.51. The fraction of sp³-hybridized carbons (Fsp3) is 0.111. The van der Waals surface area contributed by atoms with Crippen LogP contribution in [0.1, 0.15) is 22.2 Å². The number of pyridine rings is 1. The van der Waals surface area contributed by atoms with E-state index in [9.17, 15) is 14.3 Å². The van der Waals surface area contributed by atoms with Gasteiger partial charge in [0.1, 0.15) is 23.5 Å². The van der Waals surface area contributed by atoms with E-state index in [0.29, 0.717) is 5.76 Å². The molecule has 0 aliphatic heterocycles. The van der Waals surface area contributed by atoms with Crippen LogP contribution < -0.4 is 10.6 Å². The Morgan fingerprint density at radius 3 is 2.80 bits per heavy atom. The number of rotatable bonds is 6. The summed E-state index contributed by atoms with van der Waals surface area (Å²) < 4.78 is 18.9. The smallest absolute Gasteiger partial charge is 0.255 e. The maximum absolute atomic E-state index is 13.8. The summed E-state index contributed by atoms with van der Waals surface area (Å²) in [6.07, 6.45) is 1.98. The van der Waals surface area contributed by atoms with Crippen molar-refractivity contribution in [3.05, 3.63) is 78.1 Å². The van der Waals surface area contributed by atoms with Gasteiger partial charge in [0.15, 0.2) is 0 Å². The molecule has 7 heteroatoms. The number of aliphatic hydroxyl groups excluding tert-OH is 1. The van der Waals surface area contributed by atoms with Crippen LogP contribution in [0, 0.1) is 5.82 Å². The lowest BCUT2D eigenvalue weighted by molar-refractivity contribution is 0.0901. The average molecular weight is 341 g/mol. The van der Waals surface area contributed by atoms with E-state index in [0.717, 1.165) is 0 Å². The van der Waals surface area contributed by atoms with Crippen LogP contribution in [0.5, 0.6) is 0 Å². The second kappa shape index (κ2) is 7.59. The molecule has 3 aromatic rings. The molecule has 1 aromatic carbocycles. The van der Waals surface area contributed by atoms with Crippen molar-refractivity contribution >= 4 is 17.4 Å². The number of nitrogens with zero attached hydrogens (tertiary/aromatic N) is 1. The topological polar surface area (TPSA) is 87.4 Å². The van der Waals surface area contributed by atoms with Crippen molar-refractivity contribution in [3.63, 3.8) is 0 Å². The number of amides is 1. The molecule has 0 saturated heterocycles. The standard InChI is InChI=1S/C18H16FN3O3/c19-13-6-1-2-7-14(13)22-17-12(5-3-9-20-17)18(24)21-11-15(23)16-8-4-10-25-16/h1-10,15,23H,11H2,(H,20,22)(H,21,24). The van der Waals surface area contributed by atoms with E-state index in [-0.39, 0.29) is 23.6 Å². The van der Waals surface area contributed by atoms with E-state index < -0.39 is 17.8 Å². The summed E-state index contributed by atoms with van der Waals surface area (Å²) in [5, 5.41) is 15.4. The molecule has 1 atom stereocenters. The summed E-state index contributed by atoms with van der Waals surface area (Å²) in [4.78, 5) is 16.5. The van der Waals surface area contributed by atoms with Crippen molar-refractivity contribution < 1.29 is 18.7 Å². The average Bonchev–Trinajstić information content (AvgIpc) is 3.16. The first kappa shape index (κ1) is 16.7. The van der Waals surface area contributed by atoms with Gasteiger partial charge in [-0.25, -0.2) is 9.37 Å². The number of nitrogens with one attached hydrogen (secondary N) is 2. The first-order valence-corrected chi connectivity index (χ1v) is 7.61. The van der Waals surface area contributed by atoms with Gasteiger partial charge in [-0.3, -0.25) is 4.79 Å². The zero-order valence-corrected chi connectivity index (χ0v) is 13.1. The highest BCUT2D eigenvalue weighted by atomic mass is 19.1. The Morgan fingerprint density at radius 1 is 1.20 bits per heavy atom. The molecule has 6 nitrogen and oxygen atoms in total. The van der Waals surface area contributed by atoms with Gasteiger partial charge in [-0.2, -0.15) is 0 Å². The van der Waals surface area contributed by atoms with Crippen molar-refractivity contribution in [3.8, 4) is 0 Å². The number of carbonyl (C=O) groups is 1. The summed E-state index contributed by atoms with van der Waals surface area (Å²) in [6.45, 7) is -0.0274. The van der Waals surface area contributed by atoms with Gasteiger partial charge in [0.05, 0.1) is 24.1 Å². The minimum atomic E-state index is -0.960. The summed E-state index contributed by atoms with van der Waals surface area (Å²) in [5.41, 5.74) is 0.447. The molecule has 0 spiro atoms. The fourth-order valence-electron chi connectivity index (χ4n) is 2.24. The van der Waals surface area contributed by atoms with Gasteiger partial charge in [-0.15, -0.1) is 0 Å².